The predicted molar refractivity (Wildman–Crippen MR) is 55.0 cm³/mol. The number of thioether (sulfide) groups is 1. The van der Waals surface area contributed by atoms with Crippen molar-refractivity contribution in [3.8, 4) is 0 Å². The van der Waals surface area contributed by atoms with Gasteiger partial charge in [-0.15, -0.1) is 0 Å². The number of rotatable bonds is 6. The molecule has 0 aliphatic carbocycles. The molecule has 0 aliphatic rings. The van der Waals surface area contributed by atoms with Gasteiger partial charge in [0.2, 0.25) is 0 Å². The van der Waals surface area contributed by atoms with Gasteiger partial charge in [0.15, 0.2) is 0 Å². The van der Waals surface area contributed by atoms with Gasteiger partial charge in [-0.25, -0.2) is 0 Å². The normalized spacial score (nSPS) is 13.9. The van der Waals surface area contributed by atoms with E-state index in [0.29, 0.717) is 6.04 Å². The molecule has 0 saturated carbocycles. The monoisotopic (exact) mass is 175 g/mol. The van der Waals surface area contributed by atoms with Crippen molar-refractivity contribution in [2.45, 2.75) is 39.7 Å². The summed E-state index contributed by atoms with van der Waals surface area (Å²) in [5.41, 5.74) is 5.62. The zero-order valence-corrected chi connectivity index (χ0v) is 8.79. The smallest absolute Gasteiger partial charge is 0.00183 e. The highest BCUT2D eigenvalue weighted by molar-refractivity contribution is 7.99. The molecule has 0 radical (unpaired) electrons. The van der Waals surface area contributed by atoms with Crippen LogP contribution in [0.4, 0.5) is 0 Å². The fourth-order valence-electron chi connectivity index (χ4n) is 0.690. The Hall–Kier alpha value is 0.310. The fraction of sp³-hybridized carbons (Fsp3) is 1.00. The van der Waals surface area contributed by atoms with Crippen LogP contribution in [-0.2, 0) is 0 Å². The lowest BCUT2D eigenvalue weighted by atomic mass is 10.2. The molecular formula is C9H21NS. The van der Waals surface area contributed by atoms with Crippen molar-refractivity contribution in [2.24, 2.45) is 11.7 Å². The number of hydrogen-bond acceptors (Lipinski definition) is 2. The Labute approximate surface area is 75.1 Å². The van der Waals surface area contributed by atoms with Gasteiger partial charge in [0.05, 0.1) is 0 Å². The highest BCUT2D eigenvalue weighted by Crippen LogP contribution is 2.09. The van der Waals surface area contributed by atoms with Crippen LogP contribution in [0, 0.1) is 5.92 Å². The van der Waals surface area contributed by atoms with Crippen LogP contribution in [0.1, 0.15) is 33.6 Å². The molecule has 1 unspecified atom stereocenters. The van der Waals surface area contributed by atoms with Crippen molar-refractivity contribution in [3.05, 3.63) is 0 Å². The van der Waals surface area contributed by atoms with E-state index in [4.69, 9.17) is 5.73 Å². The fourth-order valence-corrected chi connectivity index (χ4v) is 2.07. The van der Waals surface area contributed by atoms with Crippen molar-refractivity contribution in [2.75, 3.05) is 11.5 Å². The minimum absolute atomic E-state index is 0.376. The highest BCUT2D eigenvalue weighted by atomic mass is 32.2. The van der Waals surface area contributed by atoms with Crippen molar-refractivity contribution in [1.29, 1.82) is 0 Å². The highest BCUT2D eigenvalue weighted by Gasteiger charge is 1.96. The number of hydrogen-bond donors (Lipinski definition) is 1. The second kappa shape index (κ2) is 6.99. The molecule has 0 aromatic carbocycles. The molecule has 0 bridgehead atoms. The molecule has 2 N–H and O–H groups in total. The van der Waals surface area contributed by atoms with E-state index in [2.05, 4.69) is 20.8 Å². The summed E-state index contributed by atoms with van der Waals surface area (Å²) >= 11 is 2.03. The van der Waals surface area contributed by atoms with Crippen molar-refractivity contribution < 1.29 is 0 Å². The van der Waals surface area contributed by atoms with Crippen LogP contribution in [0.5, 0.6) is 0 Å². The van der Waals surface area contributed by atoms with E-state index in [1.807, 2.05) is 11.8 Å². The van der Waals surface area contributed by atoms with Gasteiger partial charge < -0.3 is 5.73 Å². The lowest BCUT2D eigenvalue weighted by Crippen LogP contribution is -2.15. The Morgan fingerprint density at radius 3 is 2.09 bits per heavy atom. The number of nitrogens with two attached hydrogens (primary N) is 1. The first-order valence-electron chi connectivity index (χ1n) is 4.46. The first kappa shape index (κ1) is 11.3. The zero-order valence-electron chi connectivity index (χ0n) is 7.97. The third-order valence-electron chi connectivity index (χ3n) is 1.56. The second-order valence-electron chi connectivity index (χ2n) is 3.56. The molecule has 0 fully saturated rings. The molecule has 0 heterocycles. The summed E-state index contributed by atoms with van der Waals surface area (Å²) in [5.74, 6) is 3.37. The van der Waals surface area contributed by atoms with Gasteiger partial charge in [0.25, 0.3) is 0 Å². The summed E-state index contributed by atoms with van der Waals surface area (Å²) in [6.45, 7) is 6.61. The molecule has 0 saturated heterocycles. The van der Waals surface area contributed by atoms with Gasteiger partial charge in [-0.1, -0.05) is 13.8 Å². The third kappa shape index (κ3) is 10.3. The minimum atomic E-state index is 0.376. The summed E-state index contributed by atoms with van der Waals surface area (Å²) in [4.78, 5) is 0. The zero-order chi connectivity index (χ0) is 8.69. The molecule has 0 amide bonds. The molecule has 0 rings (SSSR count). The second-order valence-corrected chi connectivity index (χ2v) is 4.79. The van der Waals surface area contributed by atoms with Crippen LogP contribution >= 0.6 is 11.8 Å². The Bertz CT molecular complexity index is 71.6. The van der Waals surface area contributed by atoms with Crippen LogP contribution in [0.15, 0.2) is 0 Å². The quantitative estimate of drug-likeness (QED) is 0.628. The lowest BCUT2D eigenvalue weighted by Gasteiger charge is -2.05. The van der Waals surface area contributed by atoms with Crippen LogP contribution in [-0.4, -0.2) is 17.5 Å². The van der Waals surface area contributed by atoms with Crippen LogP contribution in [0.3, 0.4) is 0 Å². The predicted octanol–water partition coefficient (Wildman–Crippen LogP) is 2.50. The SMILES string of the molecule is CC(C)CCSCCC(C)N. The van der Waals surface area contributed by atoms with E-state index in [1.54, 1.807) is 0 Å². The van der Waals surface area contributed by atoms with Crippen LogP contribution < -0.4 is 5.73 Å². The average Bonchev–Trinajstić information content (AvgIpc) is 1.85. The first-order valence-corrected chi connectivity index (χ1v) is 5.61. The largest absolute Gasteiger partial charge is 0.328 e. The Kier molecular flexibility index (Phi) is 7.18. The van der Waals surface area contributed by atoms with Gasteiger partial charge in [0.1, 0.15) is 0 Å². The van der Waals surface area contributed by atoms with Gasteiger partial charge in [-0.05, 0) is 37.2 Å². The maximum Gasteiger partial charge on any atom is 0.00183 e. The van der Waals surface area contributed by atoms with Gasteiger partial charge in [0, 0.05) is 6.04 Å². The molecule has 1 nitrogen and oxygen atoms in total. The molecule has 11 heavy (non-hydrogen) atoms. The molecule has 0 aromatic heterocycles. The maximum atomic E-state index is 5.62. The van der Waals surface area contributed by atoms with Crippen molar-refractivity contribution >= 4 is 11.8 Å². The summed E-state index contributed by atoms with van der Waals surface area (Å²) in [7, 11) is 0. The summed E-state index contributed by atoms with van der Waals surface area (Å²) in [6.07, 6.45) is 2.49. The average molecular weight is 175 g/mol. The minimum Gasteiger partial charge on any atom is -0.328 e. The van der Waals surface area contributed by atoms with Crippen LogP contribution in [0.2, 0.25) is 0 Å². The molecular weight excluding hydrogens is 154 g/mol. The van der Waals surface area contributed by atoms with Gasteiger partial charge in [-0.2, -0.15) is 11.8 Å². The van der Waals surface area contributed by atoms with E-state index in [-0.39, 0.29) is 0 Å². The Balaban J connectivity index is 2.91. The van der Waals surface area contributed by atoms with E-state index >= 15 is 0 Å². The summed E-state index contributed by atoms with van der Waals surface area (Å²) in [5, 5.41) is 0. The lowest BCUT2D eigenvalue weighted by molar-refractivity contribution is 0.631. The molecule has 1 atom stereocenters. The van der Waals surface area contributed by atoms with E-state index < -0.39 is 0 Å². The Morgan fingerprint density at radius 2 is 1.64 bits per heavy atom. The van der Waals surface area contributed by atoms with Crippen molar-refractivity contribution in [1.82, 2.24) is 0 Å². The molecule has 2 heteroatoms. The van der Waals surface area contributed by atoms with E-state index in [0.717, 1.165) is 12.3 Å². The van der Waals surface area contributed by atoms with Crippen molar-refractivity contribution in [3.63, 3.8) is 0 Å². The van der Waals surface area contributed by atoms with Gasteiger partial charge in [-0.3, -0.25) is 0 Å². The third-order valence-corrected chi connectivity index (χ3v) is 2.61. The van der Waals surface area contributed by atoms with Gasteiger partial charge >= 0.3 is 0 Å². The Morgan fingerprint density at radius 1 is 1.09 bits per heavy atom. The molecule has 0 aromatic rings. The van der Waals surface area contributed by atoms with Crippen LogP contribution in [0.25, 0.3) is 0 Å². The molecule has 0 aliphatic heterocycles. The summed E-state index contributed by atoms with van der Waals surface area (Å²) < 4.78 is 0. The maximum absolute atomic E-state index is 5.62. The first-order chi connectivity index (χ1) is 5.13. The molecule has 68 valence electrons. The topological polar surface area (TPSA) is 26.0 Å². The standard InChI is InChI=1S/C9H21NS/c1-8(2)4-6-11-7-5-9(3)10/h8-9H,4-7,10H2,1-3H3. The van der Waals surface area contributed by atoms with E-state index in [1.165, 1.54) is 17.9 Å². The molecule has 0 spiro atoms. The summed E-state index contributed by atoms with van der Waals surface area (Å²) in [6, 6.07) is 0.376. The van der Waals surface area contributed by atoms with E-state index in [9.17, 15) is 0 Å².